The molecule has 1 heterocycles. The Kier molecular flexibility index (Phi) is 5.40. The topological polar surface area (TPSA) is 77.8 Å². The lowest BCUT2D eigenvalue weighted by Crippen LogP contribution is -2.39. The van der Waals surface area contributed by atoms with Gasteiger partial charge in [-0.05, 0) is 53.8 Å². The number of nitrogens with zero attached hydrogens (tertiary/aromatic N) is 1. The fraction of sp³-hybridized carbons (Fsp3) is 0.474. The van der Waals surface area contributed by atoms with Crippen molar-refractivity contribution in [2.75, 3.05) is 6.54 Å². The van der Waals surface area contributed by atoms with Gasteiger partial charge in [-0.25, -0.2) is 0 Å². The lowest BCUT2D eigenvalue weighted by molar-refractivity contribution is -0.139. The van der Waals surface area contributed by atoms with E-state index in [1.807, 2.05) is 6.92 Å². The Morgan fingerprint density at radius 1 is 1.18 bits per heavy atom. The van der Waals surface area contributed by atoms with Crippen LogP contribution >= 0.6 is 11.8 Å². The highest BCUT2D eigenvalue weighted by atomic mass is 32.2. The standard InChI is InChI=1S/C19H20F3NO4S/c1-18(5-3-2-4-6-18)10-23-16(26)14(28-17(23)27)9-11-7-12(19(20,21)22)15(25)13(24)8-11/h7-9,24-25H,2-6,10H2,1H3/b14-9-. The molecule has 1 aromatic carbocycles. The number of hydrogen-bond donors (Lipinski definition) is 2. The lowest BCUT2D eigenvalue weighted by Gasteiger charge is -2.35. The summed E-state index contributed by atoms with van der Waals surface area (Å²) in [5.41, 5.74) is -1.69. The first-order chi connectivity index (χ1) is 13.0. The molecule has 0 spiro atoms. The number of alkyl halides is 3. The first-order valence-corrected chi connectivity index (χ1v) is 9.70. The van der Waals surface area contributed by atoms with Gasteiger partial charge in [0, 0.05) is 6.54 Å². The predicted molar refractivity (Wildman–Crippen MR) is 98.6 cm³/mol. The van der Waals surface area contributed by atoms with Crippen LogP contribution < -0.4 is 0 Å². The highest BCUT2D eigenvalue weighted by Gasteiger charge is 2.40. The summed E-state index contributed by atoms with van der Waals surface area (Å²) < 4.78 is 39.0. The summed E-state index contributed by atoms with van der Waals surface area (Å²) >= 11 is 0.660. The summed E-state index contributed by atoms with van der Waals surface area (Å²) in [5.74, 6) is -2.78. The zero-order valence-electron chi connectivity index (χ0n) is 15.2. The molecule has 2 N–H and O–H groups in total. The Labute approximate surface area is 164 Å². The Morgan fingerprint density at radius 3 is 2.43 bits per heavy atom. The summed E-state index contributed by atoms with van der Waals surface area (Å²) in [6, 6.07) is 1.55. The van der Waals surface area contributed by atoms with Crippen molar-refractivity contribution in [2.45, 2.75) is 45.2 Å². The summed E-state index contributed by atoms with van der Waals surface area (Å²) in [6.07, 6.45) is 1.28. The smallest absolute Gasteiger partial charge is 0.420 e. The van der Waals surface area contributed by atoms with Crippen molar-refractivity contribution in [2.24, 2.45) is 5.41 Å². The lowest BCUT2D eigenvalue weighted by atomic mass is 9.75. The second-order valence-electron chi connectivity index (χ2n) is 7.57. The molecule has 152 valence electrons. The minimum absolute atomic E-state index is 0.0115. The van der Waals surface area contributed by atoms with Crippen molar-refractivity contribution in [3.8, 4) is 11.5 Å². The number of carbonyl (C=O) groups is 2. The van der Waals surface area contributed by atoms with E-state index in [-0.39, 0.29) is 22.4 Å². The van der Waals surface area contributed by atoms with Gasteiger partial charge in [-0.15, -0.1) is 0 Å². The third-order valence-corrected chi connectivity index (χ3v) is 6.10. The van der Waals surface area contributed by atoms with Crippen molar-refractivity contribution in [1.29, 1.82) is 0 Å². The Hall–Kier alpha value is -2.16. The number of benzene rings is 1. The van der Waals surface area contributed by atoms with Gasteiger partial charge in [-0.1, -0.05) is 26.2 Å². The van der Waals surface area contributed by atoms with Crippen LogP contribution in [0.25, 0.3) is 6.08 Å². The number of imide groups is 1. The number of aromatic hydroxyl groups is 2. The number of rotatable bonds is 3. The molecule has 0 radical (unpaired) electrons. The maximum Gasteiger partial charge on any atom is 0.420 e. The molecule has 28 heavy (non-hydrogen) atoms. The van der Waals surface area contributed by atoms with Crippen molar-refractivity contribution >= 4 is 29.0 Å². The quantitative estimate of drug-likeness (QED) is 0.529. The van der Waals surface area contributed by atoms with Crippen LogP contribution in [0, 0.1) is 5.41 Å². The average Bonchev–Trinajstić information content (AvgIpc) is 2.85. The molecule has 1 aliphatic carbocycles. The van der Waals surface area contributed by atoms with Gasteiger partial charge in [0.05, 0.1) is 4.91 Å². The monoisotopic (exact) mass is 415 g/mol. The second kappa shape index (κ2) is 7.35. The second-order valence-corrected chi connectivity index (χ2v) is 8.57. The molecule has 0 unspecified atom stereocenters. The molecule has 1 saturated carbocycles. The van der Waals surface area contributed by atoms with Crippen LogP contribution in [0.2, 0.25) is 0 Å². The third-order valence-electron chi connectivity index (χ3n) is 5.19. The van der Waals surface area contributed by atoms with Gasteiger partial charge < -0.3 is 10.2 Å². The molecular formula is C19H20F3NO4S. The minimum Gasteiger partial charge on any atom is -0.504 e. The molecule has 3 rings (SSSR count). The van der Waals surface area contributed by atoms with Gasteiger partial charge in [-0.3, -0.25) is 14.5 Å². The molecule has 0 atom stereocenters. The molecule has 0 bridgehead atoms. The minimum atomic E-state index is -4.87. The maximum absolute atomic E-state index is 13.0. The van der Waals surface area contributed by atoms with Gasteiger partial charge in [0.2, 0.25) is 0 Å². The number of carbonyl (C=O) groups excluding carboxylic acids is 2. The molecule has 5 nitrogen and oxygen atoms in total. The highest BCUT2D eigenvalue weighted by molar-refractivity contribution is 8.18. The third kappa shape index (κ3) is 4.14. The van der Waals surface area contributed by atoms with Gasteiger partial charge in [-0.2, -0.15) is 13.2 Å². The largest absolute Gasteiger partial charge is 0.504 e. The Morgan fingerprint density at radius 2 is 1.82 bits per heavy atom. The fourth-order valence-corrected chi connectivity index (χ4v) is 4.51. The van der Waals surface area contributed by atoms with E-state index in [2.05, 4.69) is 0 Å². The molecule has 1 aliphatic heterocycles. The van der Waals surface area contributed by atoms with E-state index >= 15 is 0 Å². The van der Waals surface area contributed by atoms with Gasteiger partial charge in [0.25, 0.3) is 11.1 Å². The fourth-order valence-electron chi connectivity index (χ4n) is 3.67. The Bertz CT molecular complexity index is 844. The SMILES string of the molecule is CC1(CN2C(=O)S/C(=C\c3cc(O)c(O)c(C(F)(F)F)c3)C2=O)CCCCC1. The number of thioether (sulfide) groups is 1. The zero-order chi connectivity index (χ0) is 20.7. The Balaban J connectivity index is 1.87. The molecule has 2 fully saturated rings. The molecule has 1 saturated heterocycles. The summed E-state index contributed by atoms with van der Waals surface area (Å²) in [5, 5.41) is 18.6. The van der Waals surface area contributed by atoms with Crippen LogP contribution in [0.4, 0.5) is 18.0 Å². The van der Waals surface area contributed by atoms with E-state index in [4.69, 9.17) is 0 Å². The van der Waals surface area contributed by atoms with Crippen molar-refractivity contribution in [1.82, 2.24) is 4.90 Å². The molecular weight excluding hydrogens is 395 g/mol. The molecule has 1 aromatic rings. The normalized spacial score (nSPS) is 21.6. The maximum atomic E-state index is 13.0. The van der Waals surface area contributed by atoms with E-state index in [0.717, 1.165) is 49.1 Å². The zero-order valence-corrected chi connectivity index (χ0v) is 16.0. The highest BCUT2D eigenvalue weighted by Crippen LogP contribution is 2.43. The van der Waals surface area contributed by atoms with Crippen LogP contribution in [-0.2, 0) is 11.0 Å². The van der Waals surface area contributed by atoms with Gasteiger partial charge in [0.15, 0.2) is 11.5 Å². The summed E-state index contributed by atoms with van der Waals surface area (Å²) in [7, 11) is 0. The van der Waals surface area contributed by atoms with Crippen LogP contribution in [0.15, 0.2) is 17.0 Å². The first-order valence-electron chi connectivity index (χ1n) is 8.89. The number of amides is 2. The van der Waals surface area contributed by atoms with E-state index in [1.54, 1.807) is 0 Å². The van der Waals surface area contributed by atoms with Crippen LogP contribution in [-0.4, -0.2) is 32.8 Å². The van der Waals surface area contributed by atoms with E-state index in [1.165, 1.54) is 0 Å². The molecule has 0 aromatic heterocycles. The predicted octanol–water partition coefficient (Wildman–Crippen LogP) is 5.12. The van der Waals surface area contributed by atoms with Crippen molar-refractivity contribution in [3.63, 3.8) is 0 Å². The summed E-state index contributed by atoms with van der Waals surface area (Å²) in [4.78, 5) is 26.1. The van der Waals surface area contributed by atoms with E-state index in [9.17, 15) is 33.0 Å². The van der Waals surface area contributed by atoms with Crippen molar-refractivity contribution in [3.05, 3.63) is 28.2 Å². The molecule has 2 aliphatic rings. The average molecular weight is 415 g/mol. The van der Waals surface area contributed by atoms with Crippen LogP contribution in [0.5, 0.6) is 11.5 Å². The summed E-state index contributed by atoms with van der Waals surface area (Å²) in [6.45, 7) is 2.32. The van der Waals surface area contributed by atoms with E-state index in [0.29, 0.717) is 17.8 Å². The number of halogens is 3. The molecule has 9 heteroatoms. The molecule has 2 amide bonds. The van der Waals surface area contributed by atoms with Gasteiger partial charge in [0.1, 0.15) is 5.56 Å². The van der Waals surface area contributed by atoms with E-state index < -0.39 is 34.4 Å². The van der Waals surface area contributed by atoms with Crippen LogP contribution in [0.1, 0.15) is 50.2 Å². The number of phenols is 2. The number of hydrogen-bond acceptors (Lipinski definition) is 5. The number of phenolic OH excluding ortho intramolecular Hbond substituents is 2. The van der Waals surface area contributed by atoms with Crippen molar-refractivity contribution < 1.29 is 33.0 Å². The first kappa shape index (κ1) is 20.6. The van der Waals surface area contributed by atoms with Crippen LogP contribution in [0.3, 0.4) is 0 Å². The van der Waals surface area contributed by atoms with Gasteiger partial charge >= 0.3 is 6.18 Å².